The molecule has 0 aromatic carbocycles. The number of ether oxygens (including phenoxy) is 1. The topological polar surface area (TPSA) is 39.9 Å². The summed E-state index contributed by atoms with van der Waals surface area (Å²) in [5.74, 6) is 2.79. The number of nitrogens with zero attached hydrogens (tertiary/aromatic N) is 3. The third-order valence-electron chi connectivity index (χ3n) is 2.25. The van der Waals surface area contributed by atoms with Gasteiger partial charge in [-0.15, -0.1) is 21.8 Å². The second-order valence-electron chi connectivity index (χ2n) is 4.12. The monoisotopic (exact) mass is 245 g/mol. The first-order valence-electron chi connectivity index (χ1n) is 5.73. The van der Waals surface area contributed by atoms with E-state index < -0.39 is 0 Å². The van der Waals surface area contributed by atoms with Gasteiger partial charge in [0.25, 0.3) is 0 Å². The first-order valence-corrected chi connectivity index (χ1v) is 6.27. The van der Waals surface area contributed by atoms with Crippen LogP contribution in [0.1, 0.15) is 32.4 Å². The van der Waals surface area contributed by atoms with Crippen molar-refractivity contribution in [3.63, 3.8) is 0 Å². The van der Waals surface area contributed by atoms with E-state index in [4.69, 9.17) is 16.3 Å². The van der Waals surface area contributed by atoms with Crippen molar-refractivity contribution in [3.05, 3.63) is 11.6 Å². The second kappa shape index (κ2) is 6.86. The zero-order valence-electron chi connectivity index (χ0n) is 10.2. The molecule has 0 aliphatic carbocycles. The van der Waals surface area contributed by atoms with Crippen LogP contribution < -0.4 is 0 Å². The van der Waals surface area contributed by atoms with Gasteiger partial charge in [-0.1, -0.05) is 13.8 Å². The zero-order chi connectivity index (χ0) is 12.0. The molecule has 0 spiro atoms. The lowest BCUT2D eigenvalue weighted by atomic mass is 10.2. The van der Waals surface area contributed by atoms with Crippen LogP contribution in [0.4, 0.5) is 0 Å². The van der Waals surface area contributed by atoms with Crippen LogP contribution in [0.5, 0.6) is 0 Å². The summed E-state index contributed by atoms with van der Waals surface area (Å²) in [5.41, 5.74) is 0. The van der Waals surface area contributed by atoms with Gasteiger partial charge in [0.15, 0.2) is 0 Å². The van der Waals surface area contributed by atoms with E-state index in [2.05, 4.69) is 28.6 Å². The molecule has 0 N–H and O–H groups in total. The molecule has 92 valence electrons. The summed E-state index contributed by atoms with van der Waals surface area (Å²) in [7, 11) is 0. The van der Waals surface area contributed by atoms with E-state index >= 15 is 0 Å². The van der Waals surface area contributed by atoms with Crippen molar-refractivity contribution in [3.8, 4) is 0 Å². The van der Waals surface area contributed by atoms with Crippen molar-refractivity contribution in [2.24, 2.45) is 5.92 Å². The lowest BCUT2D eigenvalue weighted by Crippen LogP contribution is -2.13. The van der Waals surface area contributed by atoms with Gasteiger partial charge < -0.3 is 9.30 Å². The molecule has 1 rings (SSSR count). The van der Waals surface area contributed by atoms with E-state index in [1.807, 2.05) is 6.92 Å². The Balaban J connectivity index is 2.70. The molecule has 0 bridgehead atoms. The number of alkyl halides is 1. The molecule has 0 aliphatic heterocycles. The summed E-state index contributed by atoms with van der Waals surface area (Å²) in [5, 5.41) is 8.25. The van der Waals surface area contributed by atoms with Crippen molar-refractivity contribution in [1.82, 2.24) is 14.8 Å². The van der Waals surface area contributed by atoms with Crippen LogP contribution in [0.15, 0.2) is 0 Å². The van der Waals surface area contributed by atoms with Gasteiger partial charge in [-0.3, -0.25) is 0 Å². The highest BCUT2D eigenvalue weighted by Crippen LogP contribution is 2.09. The molecule has 1 aromatic heterocycles. The highest BCUT2D eigenvalue weighted by atomic mass is 35.5. The van der Waals surface area contributed by atoms with Crippen molar-refractivity contribution in [2.75, 3.05) is 13.2 Å². The largest absolute Gasteiger partial charge is 0.381 e. The maximum Gasteiger partial charge on any atom is 0.147 e. The van der Waals surface area contributed by atoms with E-state index in [0.717, 1.165) is 31.2 Å². The van der Waals surface area contributed by atoms with Crippen LogP contribution in [0.2, 0.25) is 0 Å². The lowest BCUT2D eigenvalue weighted by Gasteiger charge is -2.11. The third kappa shape index (κ3) is 3.76. The maximum absolute atomic E-state index is 5.84. The Morgan fingerprint density at radius 3 is 2.56 bits per heavy atom. The van der Waals surface area contributed by atoms with Crippen LogP contribution in [0, 0.1) is 5.92 Å². The molecule has 0 atom stereocenters. The minimum absolute atomic E-state index is 0.411. The molecular weight excluding hydrogens is 226 g/mol. The van der Waals surface area contributed by atoms with Gasteiger partial charge in [-0.05, 0) is 12.8 Å². The SMILES string of the molecule is CCOCCc1nnc(CCl)n1CC(C)C. The average molecular weight is 246 g/mol. The van der Waals surface area contributed by atoms with Crippen molar-refractivity contribution >= 4 is 11.6 Å². The van der Waals surface area contributed by atoms with E-state index in [9.17, 15) is 0 Å². The summed E-state index contributed by atoms with van der Waals surface area (Å²) < 4.78 is 7.43. The highest BCUT2D eigenvalue weighted by molar-refractivity contribution is 6.16. The molecule has 0 fully saturated rings. The summed E-state index contributed by atoms with van der Waals surface area (Å²) in [6.07, 6.45) is 0.796. The number of halogens is 1. The molecule has 5 heteroatoms. The van der Waals surface area contributed by atoms with Crippen LogP contribution in [-0.4, -0.2) is 28.0 Å². The molecule has 0 unspecified atom stereocenters. The van der Waals surface area contributed by atoms with Gasteiger partial charge >= 0.3 is 0 Å². The summed E-state index contributed by atoms with van der Waals surface area (Å²) >= 11 is 5.84. The average Bonchev–Trinajstić information content (AvgIpc) is 2.61. The number of aromatic nitrogens is 3. The van der Waals surface area contributed by atoms with Crippen LogP contribution in [0.3, 0.4) is 0 Å². The summed E-state index contributed by atoms with van der Waals surface area (Å²) in [4.78, 5) is 0. The molecule has 0 saturated carbocycles. The molecule has 0 saturated heterocycles. The number of rotatable bonds is 7. The molecule has 16 heavy (non-hydrogen) atoms. The molecule has 4 nitrogen and oxygen atoms in total. The first-order chi connectivity index (χ1) is 7.69. The molecular formula is C11H20ClN3O. The number of hydrogen-bond donors (Lipinski definition) is 0. The Bertz CT molecular complexity index is 312. The van der Waals surface area contributed by atoms with Gasteiger partial charge in [0.2, 0.25) is 0 Å². The zero-order valence-corrected chi connectivity index (χ0v) is 11.0. The normalized spacial score (nSPS) is 11.3. The predicted molar refractivity (Wildman–Crippen MR) is 64.6 cm³/mol. The van der Waals surface area contributed by atoms with Gasteiger partial charge in [0.05, 0.1) is 12.5 Å². The minimum Gasteiger partial charge on any atom is -0.381 e. The lowest BCUT2D eigenvalue weighted by molar-refractivity contribution is 0.148. The quantitative estimate of drug-likeness (QED) is 0.547. The first kappa shape index (κ1) is 13.5. The Hall–Kier alpha value is -0.610. The van der Waals surface area contributed by atoms with Gasteiger partial charge in [-0.25, -0.2) is 0 Å². The van der Waals surface area contributed by atoms with Gasteiger partial charge in [-0.2, -0.15) is 0 Å². The summed E-state index contributed by atoms with van der Waals surface area (Å²) in [6.45, 7) is 8.67. The predicted octanol–water partition coefficient (Wildman–Crippen LogP) is 2.25. The maximum atomic E-state index is 5.84. The van der Waals surface area contributed by atoms with Crippen molar-refractivity contribution < 1.29 is 4.74 Å². The van der Waals surface area contributed by atoms with Crippen molar-refractivity contribution in [2.45, 2.75) is 39.6 Å². The van der Waals surface area contributed by atoms with E-state index in [-0.39, 0.29) is 0 Å². The Kier molecular flexibility index (Phi) is 5.77. The minimum atomic E-state index is 0.411. The van der Waals surface area contributed by atoms with Gasteiger partial charge in [0.1, 0.15) is 11.6 Å². The standard InChI is InChI=1S/C11H20ClN3O/c1-4-16-6-5-10-13-14-11(7-12)15(10)8-9(2)3/h9H,4-8H2,1-3H3. The Labute approximate surface area is 102 Å². The summed E-state index contributed by atoms with van der Waals surface area (Å²) in [6, 6.07) is 0. The third-order valence-corrected chi connectivity index (χ3v) is 2.48. The molecule has 0 aliphatic rings. The molecule has 0 radical (unpaired) electrons. The fourth-order valence-electron chi connectivity index (χ4n) is 1.54. The molecule has 1 aromatic rings. The van der Waals surface area contributed by atoms with E-state index in [0.29, 0.717) is 18.4 Å². The highest BCUT2D eigenvalue weighted by Gasteiger charge is 2.11. The smallest absolute Gasteiger partial charge is 0.147 e. The van der Waals surface area contributed by atoms with E-state index in [1.165, 1.54) is 0 Å². The molecule has 1 heterocycles. The molecule has 0 amide bonds. The Morgan fingerprint density at radius 1 is 1.31 bits per heavy atom. The van der Waals surface area contributed by atoms with Crippen molar-refractivity contribution in [1.29, 1.82) is 0 Å². The second-order valence-corrected chi connectivity index (χ2v) is 4.38. The number of hydrogen-bond acceptors (Lipinski definition) is 3. The van der Waals surface area contributed by atoms with Crippen LogP contribution >= 0.6 is 11.6 Å². The van der Waals surface area contributed by atoms with Gasteiger partial charge in [0, 0.05) is 19.6 Å². The Morgan fingerprint density at radius 2 is 2.00 bits per heavy atom. The fourth-order valence-corrected chi connectivity index (χ4v) is 1.74. The van der Waals surface area contributed by atoms with E-state index in [1.54, 1.807) is 0 Å². The van der Waals surface area contributed by atoms with Crippen LogP contribution in [0.25, 0.3) is 0 Å². The fraction of sp³-hybridized carbons (Fsp3) is 0.818. The van der Waals surface area contributed by atoms with Crippen LogP contribution in [-0.2, 0) is 23.6 Å².